The van der Waals surface area contributed by atoms with Crippen LogP contribution in [0, 0.1) is 0 Å². The number of rotatable bonds is 59. The Bertz CT molecular complexity index is 1690. The van der Waals surface area contributed by atoms with Crippen molar-refractivity contribution in [3.8, 4) is 0 Å². The maximum atomic E-state index is 13.4. The van der Waals surface area contributed by atoms with Crippen LogP contribution in [0.25, 0.3) is 0 Å². The van der Waals surface area contributed by atoms with Gasteiger partial charge in [0.15, 0.2) is 12.6 Å². The van der Waals surface area contributed by atoms with Crippen LogP contribution in [0.1, 0.15) is 303 Å². The number of aliphatic hydroxyl groups is 8. The van der Waals surface area contributed by atoms with Gasteiger partial charge >= 0.3 is 0 Å². The van der Waals surface area contributed by atoms with Crippen molar-refractivity contribution in [1.29, 1.82) is 0 Å². The molecule has 2 fully saturated rings. The first kappa shape index (κ1) is 80.8. The van der Waals surface area contributed by atoms with Crippen molar-refractivity contribution < 1.29 is 64.6 Å². The van der Waals surface area contributed by atoms with Crippen LogP contribution in [0.3, 0.4) is 0 Å². The number of hydrogen-bond acceptors (Lipinski definition) is 13. The van der Waals surface area contributed by atoms with Crippen LogP contribution in [-0.4, -0.2) is 140 Å². The Hall–Kier alpha value is -2.31. The molecule has 0 radical (unpaired) electrons. The molecular weight excluding hydrogens is 1100 g/mol. The lowest BCUT2D eigenvalue weighted by molar-refractivity contribution is -0.359. The molecule has 0 aliphatic carbocycles. The summed E-state index contributed by atoms with van der Waals surface area (Å²) in [5.41, 5.74) is 0. The molecule has 0 saturated carbocycles. The lowest BCUT2D eigenvalue weighted by atomic mass is 9.97. The number of nitrogens with one attached hydrogen (secondary N) is 1. The number of carbonyl (C=O) groups excluding carboxylic acids is 1. The highest BCUT2D eigenvalue weighted by Crippen LogP contribution is 2.30. The monoisotopic (exact) mass is 1230 g/mol. The Morgan fingerprint density at radius 2 is 0.793 bits per heavy atom. The molecule has 87 heavy (non-hydrogen) atoms. The van der Waals surface area contributed by atoms with Gasteiger partial charge < -0.3 is 65.1 Å². The summed E-state index contributed by atoms with van der Waals surface area (Å²) in [6.45, 7) is 2.78. The summed E-state index contributed by atoms with van der Waals surface area (Å²) in [5, 5.41) is 87.7. The van der Waals surface area contributed by atoms with Gasteiger partial charge in [-0.3, -0.25) is 4.79 Å². The van der Waals surface area contributed by atoms with Gasteiger partial charge in [-0.2, -0.15) is 0 Å². The number of amides is 1. The molecular formula is C73H133NO13. The lowest BCUT2D eigenvalue weighted by Crippen LogP contribution is -2.65. The summed E-state index contributed by atoms with van der Waals surface area (Å²) in [5.74, 6) is -0.216. The molecule has 0 aromatic carbocycles. The van der Waals surface area contributed by atoms with Crippen molar-refractivity contribution in [3.63, 3.8) is 0 Å². The Morgan fingerprint density at radius 1 is 0.425 bits per heavy atom. The number of aliphatic hydroxyl groups excluding tert-OH is 8. The van der Waals surface area contributed by atoms with Crippen molar-refractivity contribution in [2.24, 2.45) is 0 Å². The number of carbonyl (C=O) groups is 1. The topological polar surface area (TPSA) is 228 Å². The number of unbranched alkanes of at least 4 members (excludes halogenated alkanes) is 36. The zero-order chi connectivity index (χ0) is 63.1. The Balaban J connectivity index is 1.66. The molecule has 9 N–H and O–H groups in total. The number of hydrogen-bond donors (Lipinski definition) is 9. The van der Waals surface area contributed by atoms with Crippen molar-refractivity contribution in [2.75, 3.05) is 19.8 Å². The fourth-order valence-corrected chi connectivity index (χ4v) is 11.8. The van der Waals surface area contributed by atoms with Crippen LogP contribution in [-0.2, 0) is 23.7 Å². The summed E-state index contributed by atoms with van der Waals surface area (Å²) >= 11 is 0. The average molecular weight is 1230 g/mol. The largest absolute Gasteiger partial charge is 0.394 e. The minimum atomic E-state index is -1.79. The highest BCUT2D eigenvalue weighted by atomic mass is 16.7. The van der Waals surface area contributed by atoms with Gasteiger partial charge in [0.2, 0.25) is 5.91 Å². The van der Waals surface area contributed by atoms with E-state index in [1.165, 1.54) is 173 Å². The van der Waals surface area contributed by atoms with Crippen LogP contribution in [0.5, 0.6) is 0 Å². The number of ether oxygens (including phenoxy) is 4. The van der Waals surface area contributed by atoms with Gasteiger partial charge in [0.1, 0.15) is 48.8 Å². The minimum absolute atomic E-state index is 0.216. The molecule has 14 heteroatoms. The summed E-state index contributed by atoms with van der Waals surface area (Å²) in [4.78, 5) is 13.4. The first-order chi connectivity index (χ1) is 42.6. The van der Waals surface area contributed by atoms with Crippen LogP contribution >= 0.6 is 0 Å². The van der Waals surface area contributed by atoms with Crippen LogP contribution < -0.4 is 5.32 Å². The van der Waals surface area contributed by atoms with Crippen molar-refractivity contribution in [1.82, 2.24) is 5.32 Å². The standard InChI is InChI=1S/C73H133NO13/c1-3-5-7-9-11-13-15-17-19-21-23-25-27-28-29-30-31-32-33-35-36-38-40-42-44-46-48-50-52-54-56-62(77)61(60-84-72-70(83)68(81)71(64(59-76)86-72)87-73-69(82)67(80)66(79)63(58-75)85-73)74-65(78)57-55-53-51-49-47-45-43-41-39-37-34-26-24-22-20-18-16-14-12-10-8-6-4-2/h6,8,12,14,18,20,24,26,37,39,61-64,66-73,75-77,79-83H,3-5,7,9-11,13,15-17,19,21-23,25,27-36,38,40-60H2,1-2H3,(H,74,78)/b8-6-,14-12-,20-18-,26-24-,39-37-. The van der Waals surface area contributed by atoms with E-state index in [0.717, 1.165) is 96.3 Å². The molecule has 2 rings (SSSR count). The molecule has 12 unspecified atom stereocenters. The molecule has 508 valence electrons. The van der Waals surface area contributed by atoms with E-state index >= 15 is 0 Å². The first-order valence-corrected chi connectivity index (χ1v) is 36.0. The maximum Gasteiger partial charge on any atom is 0.220 e. The molecule has 0 aromatic heterocycles. The lowest BCUT2D eigenvalue weighted by Gasteiger charge is -2.46. The predicted octanol–water partition coefficient (Wildman–Crippen LogP) is 14.8. The third-order valence-corrected chi connectivity index (χ3v) is 17.5. The van der Waals surface area contributed by atoms with Gasteiger partial charge in [-0.05, 0) is 57.8 Å². The van der Waals surface area contributed by atoms with Crippen LogP contribution in [0.15, 0.2) is 60.8 Å². The molecule has 12 atom stereocenters. The third-order valence-electron chi connectivity index (χ3n) is 17.5. The smallest absolute Gasteiger partial charge is 0.220 e. The molecule has 0 aromatic rings. The SMILES string of the molecule is CC/C=C\C/C=C\C/C=C\C/C=C\C/C=C\CCCCCCCCCC(=O)NC(COC1OC(CO)C(OC2OC(CO)C(O)C(O)C2O)C(O)C1O)C(O)CCCCCCCCCCCCCCCCCCCCCCCCCCCCCCCC. The predicted molar refractivity (Wildman–Crippen MR) is 355 cm³/mol. The van der Waals surface area contributed by atoms with E-state index < -0.39 is 86.8 Å². The third kappa shape index (κ3) is 41.7. The molecule has 2 saturated heterocycles. The molecule has 2 aliphatic heterocycles. The van der Waals surface area contributed by atoms with Gasteiger partial charge in [0, 0.05) is 6.42 Å². The van der Waals surface area contributed by atoms with Crippen LogP contribution in [0.2, 0.25) is 0 Å². The highest BCUT2D eigenvalue weighted by molar-refractivity contribution is 5.76. The maximum absolute atomic E-state index is 13.4. The second-order valence-corrected chi connectivity index (χ2v) is 25.3. The summed E-state index contributed by atoms with van der Waals surface area (Å²) in [6, 6.07) is -0.840. The Morgan fingerprint density at radius 3 is 1.22 bits per heavy atom. The minimum Gasteiger partial charge on any atom is -0.394 e. The zero-order valence-corrected chi connectivity index (χ0v) is 55.3. The summed E-state index contributed by atoms with van der Waals surface area (Å²) in [7, 11) is 0. The van der Waals surface area contributed by atoms with Gasteiger partial charge in [-0.25, -0.2) is 0 Å². The Kier molecular flexibility index (Phi) is 53.5. The zero-order valence-electron chi connectivity index (χ0n) is 55.3. The van der Waals surface area contributed by atoms with Gasteiger partial charge in [-0.1, -0.05) is 299 Å². The van der Waals surface area contributed by atoms with Crippen molar-refractivity contribution in [3.05, 3.63) is 60.8 Å². The molecule has 0 bridgehead atoms. The summed E-state index contributed by atoms with van der Waals surface area (Å²) in [6.07, 6.45) is 59.5. The number of allylic oxidation sites excluding steroid dienone is 10. The molecule has 1 amide bonds. The van der Waals surface area contributed by atoms with E-state index in [1.807, 2.05) is 0 Å². The normalized spacial score (nSPS) is 23.6. The summed E-state index contributed by atoms with van der Waals surface area (Å²) < 4.78 is 22.9. The molecule has 14 nitrogen and oxygen atoms in total. The molecule has 2 aliphatic rings. The van der Waals surface area contributed by atoms with Crippen molar-refractivity contribution >= 4 is 5.91 Å². The average Bonchev–Trinajstić information content (AvgIpc) is 2.33. The van der Waals surface area contributed by atoms with E-state index in [2.05, 4.69) is 79.9 Å². The highest BCUT2D eigenvalue weighted by Gasteiger charge is 2.51. The van der Waals surface area contributed by atoms with Gasteiger partial charge in [-0.15, -0.1) is 0 Å². The fourth-order valence-electron chi connectivity index (χ4n) is 11.8. The van der Waals surface area contributed by atoms with E-state index in [9.17, 15) is 45.6 Å². The van der Waals surface area contributed by atoms with E-state index in [1.54, 1.807) is 0 Å². The fraction of sp³-hybridized carbons (Fsp3) is 0.849. The first-order valence-electron chi connectivity index (χ1n) is 36.0. The van der Waals surface area contributed by atoms with Gasteiger partial charge in [0.25, 0.3) is 0 Å². The second-order valence-electron chi connectivity index (χ2n) is 25.3. The quantitative estimate of drug-likeness (QED) is 0.0204. The van der Waals surface area contributed by atoms with Gasteiger partial charge in [0.05, 0.1) is 32.0 Å². The molecule has 0 spiro atoms. The van der Waals surface area contributed by atoms with E-state index in [0.29, 0.717) is 12.8 Å². The van der Waals surface area contributed by atoms with Crippen molar-refractivity contribution in [2.45, 2.75) is 376 Å². The second kappa shape index (κ2) is 57.6. The van der Waals surface area contributed by atoms with E-state index in [-0.39, 0.29) is 18.9 Å². The van der Waals surface area contributed by atoms with E-state index in [4.69, 9.17) is 18.9 Å². The Labute approximate surface area is 530 Å². The molecule has 2 heterocycles. The van der Waals surface area contributed by atoms with Crippen LogP contribution in [0.4, 0.5) is 0 Å².